The van der Waals surface area contributed by atoms with E-state index in [2.05, 4.69) is 37.6 Å². The summed E-state index contributed by atoms with van der Waals surface area (Å²) in [5.41, 5.74) is 1.82. The molecule has 1 N–H and O–H groups in total. The second-order valence-electron chi connectivity index (χ2n) is 6.48. The van der Waals surface area contributed by atoms with E-state index in [4.69, 9.17) is 4.42 Å². The van der Waals surface area contributed by atoms with Crippen molar-refractivity contribution in [2.45, 2.75) is 25.6 Å². The summed E-state index contributed by atoms with van der Waals surface area (Å²) in [5.74, 6) is 0.000487. The molecule has 0 aliphatic carbocycles. The van der Waals surface area contributed by atoms with Gasteiger partial charge in [-0.2, -0.15) is 0 Å². The number of oxazole rings is 1. The van der Waals surface area contributed by atoms with Gasteiger partial charge in [-0.05, 0) is 12.5 Å². The number of likely N-dealkylation sites (tertiary alicyclic amines) is 1. The number of benzene rings is 1. The van der Waals surface area contributed by atoms with Crippen LogP contribution in [0.2, 0.25) is 0 Å². The highest BCUT2D eigenvalue weighted by Crippen LogP contribution is 2.23. The first-order chi connectivity index (χ1) is 12.7. The predicted octanol–water partition coefficient (Wildman–Crippen LogP) is 1.43. The van der Waals surface area contributed by atoms with E-state index in [0.717, 1.165) is 19.6 Å². The average molecular weight is 352 g/mol. The zero-order chi connectivity index (χ0) is 17.9. The van der Waals surface area contributed by atoms with Crippen LogP contribution < -0.4 is 5.32 Å². The highest BCUT2D eigenvalue weighted by atomic mass is 16.3. The Morgan fingerprint density at radius 2 is 2.15 bits per heavy atom. The van der Waals surface area contributed by atoms with Gasteiger partial charge in [0, 0.05) is 25.8 Å². The summed E-state index contributed by atoms with van der Waals surface area (Å²) in [5, 5.41) is 11.1. The van der Waals surface area contributed by atoms with Crippen molar-refractivity contribution in [1.82, 2.24) is 30.2 Å². The van der Waals surface area contributed by atoms with Gasteiger partial charge in [-0.3, -0.25) is 9.69 Å². The van der Waals surface area contributed by atoms with Crippen molar-refractivity contribution in [3.05, 3.63) is 66.1 Å². The molecule has 0 bridgehead atoms. The van der Waals surface area contributed by atoms with Gasteiger partial charge in [0.15, 0.2) is 6.39 Å². The van der Waals surface area contributed by atoms with Crippen LogP contribution in [0, 0.1) is 6.92 Å². The molecule has 1 saturated heterocycles. The lowest BCUT2D eigenvalue weighted by molar-refractivity contribution is 0.0900. The van der Waals surface area contributed by atoms with Crippen LogP contribution in [0.5, 0.6) is 0 Å². The summed E-state index contributed by atoms with van der Waals surface area (Å²) in [6, 6.07) is 10.2. The van der Waals surface area contributed by atoms with Crippen molar-refractivity contribution in [2.24, 2.45) is 0 Å². The molecule has 8 heteroatoms. The van der Waals surface area contributed by atoms with Gasteiger partial charge in [-0.25, -0.2) is 9.67 Å². The van der Waals surface area contributed by atoms with Crippen molar-refractivity contribution in [3.63, 3.8) is 0 Å². The minimum Gasteiger partial charge on any atom is -0.438 e. The van der Waals surface area contributed by atoms with Gasteiger partial charge in [0.2, 0.25) is 5.76 Å². The van der Waals surface area contributed by atoms with E-state index in [9.17, 15) is 4.79 Å². The average Bonchev–Trinajstić information content (AvgIpc) is 3.37. The molecule has 26 heavy (non-hydrogen) atoms. The third kappa shape index (κ3) is 3.36. The van der Waals surface area contributed by atoms with Crippen LogP contribution in [0.25, 0.3) is 0 Å². The van der Waals surface area contributed by atoms with Gasteiger partial charge < -0.3 is 9.73 Å². The number of nitrogens with zero attached hydrogens (tertiary/aromatic N) is 5. The van der Waals surface area contributed by atoms with Gasteiger partial charge in [0.05, 0.1) is 24.0 Å². The summed E-state index contributed by atoms with van der Waals surface area (Å²) in [6.45, 7) is 4.07. The van der Waals surface area contributed by atoms with Crippen molar-refractivity contribution < 1.29 is 9.21 Å². The molecule has 0 spiro atoms. The third-order valence-electron chi connectivity index (χ3n) is 4.66. The summed E-state index contributed by atoms with van der Waals surface area (Å²) in [4.78, 5) is 18.8. The molecule has 8 nitrogen and oxygen atoms in total. The standard InChI is InChI=1S/C18H20N6O2/c1-13-17(26-12-19-13)18(25)21-15-10-23(9-14-5-3-2-4-6-14)11-16(15)24-8-7-20-22-24/h2-8,12,15-16H,9-11H2,1H3,(H,21,25)/t15-,16+/m1/s1. The molecule has 134 valence electrons. The number of hydrogen-bond donors (Lipinski definition) is 1. The van der Waals surface area contributed by atoms with Gasteiger partial charge in [0.25, 0.3) is 5.91 Å². The first-order valence-corrected chi connectivity index (χ1v) is 8.54. The lowest BCUT2D eigenvalue weighted by atomic mass is 10.1. The molecule has 4 rings (SSSR count). The minimum absolute atomic E-state index is 0.00777. The number of rotatable bonds is 5. The highest BCUT2D eigenvalue weighted by molar-refractivity contribution is 5.92. The number of nitrogens with one attached hydrogen (secondary N) is 1. The monoisotopic (exact) mass is 352 g/mol. The molecule has 0 unspecified atom stereocenters. The fourth-order valence-electron chi connectivity index (χ4n) is 3.39. The van der Waals surface area contributed by atoms with E-state index in [1.54, 1.807) is 13.1 Å². The van der Waals surface area contributed by atoms with Gasteiger partial charge in [-0.1, -0.05) is 35.5 Å². The Hall–Kier alpha value is -3.00. The molecule has 3 heterocycles. The first-order valence-electron chi connectivity index (χ1n) is 8.54. The normalized spacial score (nSPS) is 20.3. The molecule has 1 fully saturated rings. The second-order valence-corrected chi connectivity index (χ2v) is 6.48. The summed E-state index contributed by atoms with van der Waals surface area (Å²) in [7, 11) is 0. The summed E-state index contributed by atoms with van der Waals surface area (Å²) in [6.07, 6.45) is 4.77. The van der Waals surface area contributed by atoms with Crippen molar-refractivity contribution in [2.75, 3.05) is 13.1 Å². The lowest BCUT2D eigenvalue weighted by Crippen LogP contribution is -2.41. The smallest absolute Gasteiger partial charge is 0.289 e. The van der Waals surface area contributed by atoms with Gasteiger partial charge in [0.1, 0.15) is 0 Å². The molecule has 2 atom stereocenters. The molecule has 3 aromatic rings. The fourth-order valence-corrected chi connectivity index (χ4v) is 3.39. The van der Waals surface area contributed by atoms with E-state index in [-0.39, 0.29) is 23.8 Å². The van der Waals surface area contributed by atoms with E-state index < -0.39 is 0 Å². The lowest BCUT2D eigenvalue weighted by Gasteiger charge is -2.19. The molecule has 1 aliphatic heterocycles. The van der Waals surface area contributed by atoms with Crippen molar-refractivity contribution in [3.8, 4) is 0 Å². The number of carbonyl (C=O) groups excluding carboxylic acids is 1. The maximum atomic E-state index is 12.6. The Morgan fingerprint density at radius 1 is 1.31 bits per heavy atom. The molecule has 1 aromatic carbocycles. The number of amides is 1. The van der Waals surface area contributed by atoms with E-state index >= 15 is 0 Å². The molecular weight excluding hydrogens is 332 g/mol. The maximum Gasteiger partial charge on any atom is 0.289 e. The van der Waals surface area contributed by atoms with Crippen LogP contribution in [-0.2, 0) is 6.54 Å². The predicted molar refractivity (Wildman–Crippen MR) is 93.3 cm³/mol. The second kappa shape index (κ2) is 7.09. The van der Waals surface area contributed by atoms with Crippen LogP contribution in [0.15, 0.2) is 53.5 Å². The zero-order valence-corrected chi connectivity index (χ0v) is 14.4. The topological polar surface area (TPSA) is 89.1 Å². The molecular formula is C18H20N6O2. The van der Waals surface area contributed by atoms with Crippen LogP contribution in [0.4, 0.5) is 0 Å². The Balaban J connectivity index is 1.51. The quantitative estimate of drug-likeness (QED) is 0.747. The molecule has 0 radical (unpaired) electrons. The van der Waals surface area contributed by atoms with E-state index in [1.807, 2.05) is 29.1 Å². The molecule has 1 aliphatic rings. The van der Waals surface area contributed by atoms with Crippen LogP contribution in [-0.4, -0.2) is 49.9 Å². The van der Waals surface area contributed by atoms with Crippen molar-refractivity contribution >= 4 is 5.91 Å². The van der Waals surface area contributed by atoms with Crippen molar-refractivity contribution in [1.29, 1.82) is 0 Å². The Kier molecular flexibility index (Phi) is 4.49. The molecule has 1 amide bonds. The van der Waals surface area contributed by atoms with Gasteiger partial charge in [-0.15, -0.1) is 5.10 Å². The minimum atomic E-state index is -0.253. The highest BCUT2D eigenvalue weighted by Gasteiger charge is 2.36. The molecule has 0 saturated carbocycles. The Morgan fingerprint density at radius 3 is 2.85 bits per heavy atom. The maximum absolute atomic E-state index is 12.6. The Labute approximate surface area is 150 Å². The first kappa shape index (κ1) is 16.5. The summed E-state index contributed by atoms with van der Waals surface area (Å²) < 4.78 is 7.02. The summed E-state index contributed by atoms with van der Waals surface area (Å²) >= 11 is 0. The third-order valence-corrected chi connectivity index (χ3v) is 4.66. The number of carbonyl (C=O) groups is 1. The largest absolute Gasteiger partial charge is 0.438 e. The van der Waals surface area contributed by atoms with E-state index in [0.29, 0.717) is 5.69 Å². The Bertz CT molecular complexity index is 861. The zero-order valence-electron chi connectivity index (χ0n) is 14.4. The van der Waals surface area contributed by atoms with Gasteiger partial charge >= 0.3 is 0 Å². The van der Waals surface area contributed by atoms with Crippen LogP contribution in [0.3, 0.4) is 0 Å². The van der Waals surface area contributed by atoms with Crippen LogP contribution >= 0.6 is 0 Å². The number of aryl methyl sites for hydroxylation is 1. The van der Waals surface area contributed by atoms with E-state index in [1.165, 1.54) is 12.0 Å². The SMILES string of the molecule is Cc1ncoc1C(=O)N[C@@H]1CN(Cc2ccccc2)C[C@@H]1n1ccnn1. The van der Waals surface area contributed by atoms with Crippen LogP contribution in [0.1, 0.15) is 27.9 Å². The number of hydrogen-bond acceptors (Lipinski definition) is 6. The number of aromatic nitrogens is 4. The molecule has 2 aromatic heterocycles. The fraction of sp³-hybridized carbons (Fsp3) is 0.333.